The highest BCUT2D eigenvalue weighted by Gasteiger charge is 2.27. The van der Waals surface area contributed by atoms with E-state index in [-0.39, 0.29) is 23.2 Å². The van der Waals surface area contributed by atoms with Crippen LogP contribution in [-0.4, -0.2) is 47.9 Å². The predicted octanol–water partition coefficient (Wildman–Crippen LogP) is 3.44. The van der Waals surface area contributed by atoms with Gasteiger partial charge in [0.15, 0.2) is 5.65 Å². The first-order valence-corrected chi connectivity index (χ1v) is 12.4. The van der Waals surface area contributed by atoms with Crippen LogP contribution in [0.3, 0.4) is 0 Å². The van der Waals surface area contributed by atoms with Crippen LogP contribution in [0.4, 0.5) is 17.3 Å². The number of fused-ring (bicyclic) bond motifs is 1. The highest BCUT2D eigenvalue weighted by molar-refractivity contribution is 6.30. The normalized spacial score (nSPS) is 15.6. The molecule has 3 N–H and O–H groups in total. The monoisotopic (exact) mass is 507 g/mol. The number of nitrogens with zero attached hydrogens (tertiary/aromatic N) is 6. The van der Waals surface area contributed by atoms with Crippen LogP contribution in [0.15, 0.2) is 35.5 Å². The van der Waals surface area contributed by atoms with Gasteiger partial charge in [-0.05, 0) is 45.1 Å². The number of nitrogens with one attached hydrogen (secondary N) is 3. The summed E-state index contributed by atoms with van der Waals surface area (Å²) in [6, 6.07) is 3.87. The molecule has 186 valence electrons. The van der Waals surface area contributed by atoms with Crippen LogP contribution >= 0.6 is 11.6 Å². The van der Waals surface area contributed by atoms with Crippen LogP contribution in [0.5, 0.6) is 0 Å². The summed E-state index contributed by atoms with van der Waals surface area (Å²) in [4.78, 5) is 30.9. The van der Waals surface area contributed by atoms with Gasteiger partial charge in [-0.15, -0.1) is 0 Å². The Bertz CT molecular complexity index is 1550. The van der Waals surface area contributed by atoms with E-state index in [1.165, 1.54) is 10.8 Å². The van der Waals surface area contributed by atoms with Crippen LogP contribution in [0.1, 0.15) is 54.2 Å². The standard InChI is InChI=1S/C24H26ClN9O2/c1-13-19(11-28-33(13)16-6-7-16)32-12-14(25)8-18(24(32)36)30-20-9-21(26-2)34-22(31-20)17(10-27-34)23(35)29-15-4-3-5-15/h8-12,15-16,26H,3-7H2,1-2H3,(H,29,35)(H,30,31). The first-order chi connectivity index (χ1) is 17.4. The van der Waals surface area contributed by atoms with Gasteiger partial charge in [0.05, 0.1) is 34.8 Å². The molecule has 0 aliphatic heterocycles. The largest absolute Gasteiger partial charge is 0.373 e. The Balaban J connectivity index is 1.37. The molecule has 0 saturated heterocycles. The number of pyridine rings is 1. The molecule has 2 fully saturated rings. The average Bonchev–Trinajstić information content (AvgIpc) is 3.47. The van der Waals surface area contributed by atoms with Crippen LogP contribution in [0.2, 0.25) is 5.02 Å². The molecule has 36 heavy (non-hydrogen) atoms. The van der Waals surface area contributed by atoms with Gasteiger partial charge in [-0.2, -0.15) is 14.7 Å². The minimum atomic E-state index is -0.290. The lowest BCUT2D eigenvalue weighted by Crippen LogP contribution is -2.39. The zero-order valence-corrected chi connectivity index (χ0v) is 20.7. The fourth-order valence-electron chi connectivity index (χ4n) is 4.47. The summed E-state index contributed by atoms with van der Waals surface area (Å²) < 4.78 is 5.02. The third kappa shape index (κ3) is 3.89. The van der Waals surface area contributed by atoms with Crippen LogP contribution in [0.25, 0.3) is 11.3 Å². The number of halogens is 1. The lowest BCUT2D eigenvalue weighted by molar-refractivity contribution is 0.0918. The molecule has 2 saturated carbocycles. The molecule has 1 amide bonds. The van der Waals surface area contributed by atoms with E-state index in [4.69, 9.17) is 11.6 Å². The van der Waals surface area contributed by atoms with Gasteiger partial charge in [-0.25, -0.2) is 4.98 Å². The molecule has 2 aliphatic rings. The van der Waals surface area contributed by atoms with Crippen molar-refractivity contribution in [2.24, 2.45) is 0 Å². The van der Waals surface area contributed by atoms with E-state index in [9.17, 15) is 9.59 Å². The smallest absolute Gasteiger partial charge is 0.279 e. The third-order valence-corrected chi connectivity index (χ3v) is 7.04. The molecule has 0 radical (unpaired) electrons. The van der Waals surface area contributed by atoms with Gasteiger partial charge in [0.2, 0.25) is 0 Å². The predicted molar refractivity (Wildman–Crippen MR) is 137 cm³/mol. The Kier molecular flexibility index (Phi) is 5.44. The molecule has 4 heterocycles. The van der Waals surface area contributed by atoms with E-state index < -0.39 is 0 Å². The number of carbonyl (C=O) groups excluding carboxylic acids is 1. The van der Waals surface area contributed by atoms with Crippen molar-refractivity contribution in [3.8, 4) is 5.69 Å². The van der Waals surface area contributed by atoms with Gasteiger partial charge < -0.3 is 16.0 Å². The summed E-state index contributed by atoms with van der Waals surface area (Å²) in [5.74, 6) is 0.769. The van der Waals surface area contributed by atoms with Gasteiger partial charge in [-0.3, -0.25) is 18.8 Å². The summed E-state index contributed by atoms with van der Waals surface area (Å²) in [7, 11) is 1.75. The summed E-state index contributed by atoms with van der Waals surface area (Å²) >= 11 is 6.42. The fourth-order valence-corrected chi connectivity index (χ4v) is 4.68. The minimum absolute atomic E-state index is 0.190. The topological polar surface area (TPSA) is 123 Å². The van der Waals surface area contributed by atoms with Crippen molar-refractivity contribution < 1.29 is 4.79 Å². The molecule has 4 aromatic rings. The molecular weight excluding hydrogens is 482 g/mol. The summed E-state index contributed by atoms with van der Waals surface area (Å²) in [6.07, 6.45) is 10.1. The number of amides is 1. The lowest BCUT2D eigenvalue weighted by atomic mass is 9.93. The molecule has 0 spiro atoms. The Hall–Kier alpha value is -3.86. The molecule has 0 atom stereocenters. The summed E-state index contributed by atoms with van der Waals surface area (Å²) in [5, 5.41) is 18.4. The first kappa shape index (κ1) is 22.6. The number of anilines is 3. The summed E-state index contributed by atoms with van der Waals surface area (Å²) in [5.41, 5.74) is 2.30. The highest BCUT2D eigenvalue weighted by Crippen LogP contribution is 2.36. The molecule has 6 rings (SSSR count). The maximum absolute atomic E-state index is 13.5. The Morgan fingerprint density at radius 3 is 2.64 bits per heavy atom. The van der Waals surface area contributed by atoms with Crippen molar-refractivity contribution in [3.05, 3.63) is 57.4 Å². The van der Waals surface area contributed by atoms with E-state index in [1.807, 2.05) is 11.6 Å². The molecule has 4 aromatic heterocycles. The second kappa shape index (κ2) is 8.66. The van der Waals surface area contributed by atoms with Crippen molar-refractivity contribution in [1.82, 2.24) is 34.3 Å². The van der Waals surface area contributed by atoms with Crippen molar-refractivity contribution >= 4 is 40.5 Å². The number of hydrogen-bond acceptors (Lipinski definition) is 7. The van der Waals surface area contributed by atoms with Crippen molar-refractivity contribution in [1.29, 1.82) is 0 Å². The van der Waals surface area contributed by atoms with Gasteiger partial charge in [-0.1, -0.05) is 11.6 Å². The van der Waals surface area contributed by atoms with Crippen molar-refractivity contribution in [2.45, 2.75) is 51.1 Å². The maximum atomic E-state index is 13.5. The second-order valence-electron chi connectivity index (χ2n) is 9.33. The Labute approximate surface area is 211 Å². The van der Waals surface area contributed by atoms with E-state index >= 15 is 0 Å². The number of aromatic nitrogens is 6. The second-order valence-corrected chi connectivity index (χ2v) is 9.77. The molecule has 0 bridgehead atoms. The molecule has 0 aromatic carbocycles. The molecular formula is C24H26ClN9O2. The van der Waals surface area contributed by atoms with E-state index in [0.29, 0.717) is 39.6 Å². The van der Waals surface area contributed by atoms with Crippen LogP contribution in [-0.2, 0) is 0 Å². The van der Waals surface area contributed by atoms with E-state index in [2.05, 4.69) is 31.1 Å². The lowest BCUT2D eigenvalue weighted by Gasteiger charge is -2.26. The number of hydrogen-bond donors (Lipinski definition) is 3. The van der Waals surface area contributed by atoms with Crippen LogP contribution < -0.4 is 21.5 Å². The molecule has 0 unspecified atom stereocenters. The summed E-state index contributed by atoms with van der Waals surface area (Å²) in [6.45, 7) is 1.95. The van der Waals surface area contributed by atoms with Crippen LogP contribution in [0, 0.1) is 6.92 Å². The van der Waals surface area contributed by atoms with Gasteiger partial charge in [0.25, 0.3) is 11.5 Å². The van der Waals surface area contributed by atoms with Gasteiger partial charge in [0.1, 0.15) is 22.9 Å². The highest BCUT2D eigenvalue weighted by atomic mass is 35.5. The zero-order chi connectivity index (χ0) is 25.0. The first-order valence-electron chi connectivity index (χ1n) is 12.0. The Morgan fingerprint density at radius 2 is 1.94 bits per heavy atom. The van der Waals surface area contributed by atoms with Crippen molar-refractivity contribution in [3.63, 3.8) is 0 Å². The van der Waals surface area contributed by atoms with Gasteiger partial charge in [0, 0.05) is 25.4 Å². The zero-order valence-electron chi connectivity index (χ0n) is 20.0. The molecule has 11 nitrogen and oxygen atoms in total. The molecule has 12 heteroatoms. The Morgan fingerprint density at radius 1 is 1.14 bits per heavy atom. The minimum Gasteiger partial charge on any atom is -0.373 e. The van der Waals surface area contributed by atoms with Gasteiger partial charge >= 0.3 is 0 Å². The SMILES string of the molecule is CNc1cc(Nc2cc(Cl)cn(-c3cnn(C4CC4)c3C)c2=O)nc2c(C(=O)NC3CCC3)cnn12. The third-order valence-electron chi connectivity index (χ3n) is 6.83. The molecule has 2 aliphatic carbocycles. The quantitative estimate of drug-likeness (QED) is 0.350. The average molecular weight is 508 g/mol. The number of carbonyl (C=O) groups is 1. The van der Waals surface area contributed by atoms with E-state index in [0.717, 1.165) is 37.8 Å². The fraction of sp³-hybridized carbons (Fsp3) is 0.375. The van der Waals surface area contributed by atoms with E-state index in [1.54, 1.807) is 36.1 Å². The van der Waals surface area contributed by atoms with Crippen molar-refractivity contribution in [2.75, 3.05) is 17.7 Å². The number of rotatable bonds is 7. The maximum Gasteiger partial charge on any atom is 0.279 e.